The second-order valence-electron chi connectivity index (χ2n) is 5.09. The highest BCUT2D eigenvalue weighted by molar-refractivity contribution is 5.91. The monoisotopic (exact) mass is 310 g/mol. The molecule has 0 aliphatic carbocycles. The summed E-state index contributed by atoms with van der Waals surface area (Å²) in [6, 6.07) is 0. The van der Waals surface area contributed by atoms with Crippen molar-refractivity contribution in [3.05, 3.63) is 18.1 Å². The summed E-state index contributed by atoms with van der Waals surface area (Å²) in [5.74, 6) is 0.522. The standard InChI is InChI=1S/C12H18N6O4/c1-15-9-5-4(8(13)14)2-18(10(5)17-3-16-9)11-6(19)7(20)12(21)22-11/h2-3,6-8,11-12,19-21H,13-14H2,1H3,(H,15,16,17). The maximum Gasteiger partial charge on any atom is 0.186 e. The number of anilines is 1. The third-order valence-electron chi connectivity index (χ3n) is 3.72. The van der Waals surface area contributed by atoms with Crippen LogP contribution < -0.4 is 16.8 Å². The fourth-order valence-corrected chi connectivity index (χ4v) is 2.62. The van der Waals surface area contributed by atoms with Crippen LogP contribution in [0.3, 0.4) is 0 Å². The van der Waals surface area contributed by atoms with Gasteiger partial charge in [0, 0.05) is 18.8 Å². The van der Waals surface area contributed by atoms with E-state index in [4.69, 9.17) is 16.2 Å². The van der Waals surface area contributed by atoms with Crippen LogP contribution in [-0.2, 0) is 4.74 Å². The van der Waals surface area contributed by atoms with Crippen LogP contribution in [0, 0.1) is 0 Å². The lowest BCUT2D eigenvalue weighted by Gasteiger charge is -2.16. The number of hydrogen-bond acceptors (Lipinski definition) is 9. The molecule has 1 saturated heterocycles. The molecule has 0 bridgehead atoms. The van der Waals surface area contributed by atoms with Gasteiger partial charge in [0.1, 0.15) is 30.0 Å². The summed E-state index contributed by atoms with van der Waals surface area (Å²) in [5, 5.41) is 32.8. The van der Waals surface area contributed by atoms with Crippen molar-refractivity contribution >= 4 is 16.9 Å². The van der Waals surface area contributed by atoms with Gasteiger partial charge in [0.2, 0.25) is 0 Å². The van der Waals surface area contributed by atoms with Gasteiger partial charge in [0.05, 0.1) is 11.6 Å². The van der Waals surface area contributed by atoms with Crippen molar-refractivity contribution in [3.63, 3.8) is 0 Å². The van der Waals surface area contributed by atoms with Gasteiger partial charge in [0.25, 0.3) is 0 Å². The quantitative estimate of drug-likeness (QED) is 0.350. The Hall–Kier alpha value is -1.82. The number of aromatic nitrogens is 3. The molecule has 0 aromatic carbocycles. The summed E-state index contributed by atoms with van der Waals surface area (Å²) in [7, 11) is 1.69. The van der Waals surface area contributed by atoms with Crippen LogP contribution >= 0.6 is 0 Å². The van der Waals surface area contributed by atoms with Gasteiger partial charge < -0.3 is 41.4 Å². The number of nitrogens with two attached hydrogens (primary N) is 2. The second-order valence-corrected chi connectivity index (χ2v) is 5.09. The minimum absolute atomic E-state index is 0.417. The summed E-state index contributed by atoms with van der Waals surface area (Å²) in [6.07, 6.45) is -3.12. The number of rotatable bonds is 3. The van der Waals surface area contributed by atoms with Crippen molar-refractivity contribution in [2.45, 2.75) is 30.9 Å². The molecular formula is C12H18N6O4. The van der Waals surface area contributed by atoms with Crippen LogP contribution in [0.5, 0.6) is 0 Å². The molecule has 1 fully saturated rings. The minimum atomic E-state index is -1.49. The van der Waals surface area contributed by atoms with E-state index < -0.39 is 30.9 Å². The van der Waals surface area contributed by atoms with Crippen LogP contribution in [0.1, 0.15) is 18.0 Å². The number of nitrogens with zero attached hydrogens (tertiary/aromatic N) is 3. The Morgan fingerprint density at radius 3 is 2.55 bits per heavy atom. The van der Waals surface area contributed by atoms with E-state index in [2.05, 4.69) is 15.3 Å². The van der Waals surface area contributed by atoms with Gasteiger partial charge in [0.15, 0.2) is 12.5 Å². The zero-order valence-corrected chi connectivity index (χ0v) is 11.8. The maximum absolute atomic E-state index is 10.0. The summed E-state index contributed by atoms with van der Waals surface area (Å²) in [6.45, 7) is 0. The van der Waals surface area contributed by atoms with Crippen LogP contribution in [0.4, 0.5) is 5.82 Å². The number of fused-ring (bicyclic) bond motifs is 1. The SMILES string of the molecule is CNc1ncnc2c1c(C(N)N)cn2C1OC(O)C(O)C1O. The molecule has 0 radical (unpaired) electrons. The highest BCUT2D eigenvalue weighted by Crippen LogP contribution is 2.35. The van der Waals surface area contributed by atoms with Crippen molar-refractivity contribution in [1.82, 2.24) is 14.5 Å². The van der Waals surface area contributed by atoms with E-state index in [-0.39, 0.29) is 0 Å². The molecule has 3 heterocycles. The van der Waals surface area contributed by atoms with E-state index in [1.54, 1.807) is 13.2 Å². The first kappa shape index (κ1) is 15.1. The Bertz CT molecular complexity index is 690. The molecular weight excluding hydrogens is 292 g/mol. The van der Waals surface area contributed by atoms with Gasteiger partial charge in [-0.2, -0.15) is 0 Å². The first-order chi connectivity index (χ1) is 10.5. The van der Waals surface area contributed by atoms with Crippen molar-refractivity contribution in [2.24, 2.45) is 11.5 Å². The fraction of sp³-hybridized carbons (Fsp3) is 0.500. The average molecular weight is 310 g/mol. The highest BCUT2D eigenvalue weighted by Gasteiger charge is 2.43. The molecule has 22 heavy (non-hydrogen) atoms. The van der Waals surface area contributed by atoms with E-state index in [0.717, 1.165) is 0 Å². The summed E-state index contributed by atoms with van der Waals surface area (Å²) in [4.78, 5) is 8.28. The van der Waals surface area contributed by atoms with Crippen LogP contribution in [-0.4, -0.2) is 55.4 Å². The van der Waals surface area contributed by atoms with E-state index in [0.29, 0.717) is 22.4 Å². The molecule has 0 amide bonds. The molecule has 0 spiro atoms. The van der Waals surface area contributed by atoms with Crippen molar-refractivity contribution in [1.29, 1.82) is 0 Å². The number of hydrogen-bond donors (Lipinski definition) is 6. The Balaban J connectivity index is 2.19. The molecule has 1 aliphatic heterocycles. The molecule has 1 aliphatic rings. The Morgan fingerprint density at radius 2 is 2.00 bits per heavy atom. The first-order valence-corrected chi connectivity index (χ1v) is 6.69. The average Bonchev–Trinajstić information content (AvgIpc) is 3.00. The lowest BCUT2D eigenvalue weighted by Crippen LogP contribution is -2.31. The highest BCUT2D eigenvalue weighted by atomic mass is 16.7. The molecule has 2 aromatic rings. The topological polar surface area (TPSA) is 165 Å². The zero-order valence-electron chi connectivity index (χ0n) is 11.8. The van der Waals surface area contributed by atoms with Gasteiger partial charge >= 0.3 is 0 Å². The van der Waals surface area contributed by atoms with E-state index in [1.165, 1.54) is 10.9 Å². The van der Waals surface area contributed by atoms with Crippen molar-refractivity contribution < 1.29 is 20.1 Å². The third kappa shape index (κ3) is 2.13. The normalized spacial score (nSPS) is 28.7. The minimum Gasteiger partial charge on any atom is -0.385 e. The Labute approximate surface area is 125 Å². The number of nitrogens with one attached hydrogen (secondary N) is 1. The molecule has 10 heteroatoms. The van der Waals surface area contributed by atoms with Crippen LogP contribution in [0.15, 0.2) is 12.5 Å². The van der Waals surface area contributed by atoms with E-state index in [9.17, 15) is 15.3 Å². The summed E-state index contributed by atoms with van der Waals surface area (Å²) >= 11 is 0. The molecule has 4 atom stereocenters. The smallest absolute Gasteiger partial charge is 0.186 e. The fourth-order valence-electron chi connectivity index (χ4n) is 2.62. The van der Waals surface area contributed by atoms with Crippen molar-refractivity contribution in [2.75, 3.05) is 12.4 Å². The summed E-state index contributed by atoms with van der Waals surface area (Å²) in [5.41, 5.74) is 12.5. The lowest BCUT2D eigenvalue weighted by molar-refractivity contribution is -0.141. The van der Waals surface area contributed by atoms with Crippen LogP contribution in [0.2, 0.25) is 0 Å². The molecule has 4 unspecified atom stereocenters. The molecule has 8 N–H and O–H groups in total. The predicted molar refractivity (Wildman–Crippen MR) is 76.3 cm³/mol. The number of aliphatic hydroxyl groups excluding tert-OH is 3. The van der Waals surface area contributed by atoms with Gasteiger partial charge in [-0.25, -0.2) is 9.97 Å². The number of aliphatic hydroxyl groups is 3. The largest absolute Gasteiger partial charge is 0.385 e. The van der Waals surface area contributed by atoms with E-state index >= 15 is 0 Å². The van der Waals surface area contributed by atoms with Gasteiger partial charge in [-0.3, -0.25) is 0 Å². The number of ether oxygens (including phenoxy) is 1. The molecule has 3 rings (SSSR count). The van der Waals surface area contributed by atoms with Gasteiger partial charge in [-0.1, -0.05) is 0 Å². The van der Waals surface area contributed by atoms with E-state index in [1.807, 2.05) is 0 Å². The Morgan fingerprint density at radius 1 is 1.27 bits per heavy atom. The Kier molecular flexibility index (Phi) is 3.72. The lowest BCUT2D eigenvalue weighted by atomic mass is 10.2. The molecule has 2 aromatic heterocycles. The van der Waals surface area contributed by atoms with Gasteiger partial charge in [-0.05, 0) is 0 Å². The predicted octanol–water partition coefficient (Wildman–Crippen LogP) is -2.04. The van der Waals surface area contributed by atoms with Crippen molar-refractivity contribution in [3.8, 4) is 0 Å². The third-order valence-corrected chi connectivity index (χ3v) is 3.72. The maximum atomic E-state index is 10.0. The molecule has 10 nitrogen and oxygen atoms in total. The summed E-state index contributed by atoms with van der Waals surface area (Å²) < 4.78 is 6.68. The van der Waals surface area contributed by atoms with Crippen LogP contribution in [0.25, 0.3) is 11.0 Å². The van der Waals surface area contributed by atoms with Gasteiger partial charge in [-0.15, -0.1) is 0 Å². The zero-order chi connectivity index (χ0) is 16.0. The second kappa shape index (κ2) is 5.43. The first-order valence-electron chi connectivity index (χ1n) is 6.69. The molecule has 120 valence electrons. The molecule has 0 saturated carbocycles.